The molecule has 0 spiro atoms. The zero-order valence-corrected chi connectivity index (χ0v) is 18.4. The van der Waals surface area contributed by atoms with Gasteiger partial charge in [0.05, 0.1) is 20.8 Å². The normalized spacial score (nSPS) is 11.7. The number of nitrogens with one attached hydrogen (secondary N) is 1. The molecule has 1 atom stereocenters. The van der Waals surface area contributed by atoms with Gasteiger partial charge < -0.3 is 14.8 Å². The molecule has 0 unspecified atom stereocenters. The molecular formula is C22H26N4O3S. The fraction of sp³-hybridized carbons (Fsp3) is 0.318. The van der Waals surface area contributed by atoms with Crippen molar-refractivity contribution in [1.29, 1.82) is 0 Å². The highest BCUT2D eigenvalue weighted by Gasteiger charge is 2.17. The number of benzene rings is 2. The highest BCUT2D eigenvalue weighted by molar-refractivity contribution is 7.99. The maximum atomic E-state index is 12.5. The van der Waals surface area contributed by atoms with Crippen LogP contribution < -0.4 is 14.8 Å². The van der Waals surface area contributed by atoms with Crippen LogP contribution in [-0.4, -0.2) is 40.1 Å². The van der Waals surface area contributed by atoms with E-state index in [2.05, 4.69) is 29.4 Å². The van der Waals surface area contributed by atoms with Crippen molar-refractivity contribution in [2.24, 2.45) is 0 Å². The molecule has 0 bridgehead atoms. The minimum Gasteiger partial charge on any atom is -0.497 e. The monoisotopic (exact) mass is 426 g/mol. The molecule has 3 rings (SSSR count). The summed E-state index contributed by atoms with van der Waals surface area (Å²) in [5.74, 6) is 1.96. The van der Waals surface area contributed by atoms with Gasteiger partial charge in [0.2, 0.25) is 0 Å². The van der Waals surface area contributed by atoms with Gasteiger partial charge in [0.15, 0.2) is 11.0 Å². The lowest BCUT2D eigenvalue weighted by Gasteiger charge is -2.13. The van der Waals surface area contributed by atoms with Crippen LogP contribution in [0.1, 0.15) is 36.5 Å². The zero-order chi connectivity index (χ0) is 21.5. The van der Waals surface area contributed by atoms with Crippen LogP contribution in [0.15, 0.2) is 53.7 Å². The summed E-state index contributed by atoms with van der Waals surface area (Å²) in [6.45, 7) is 4.55. The molecule has 7 nitrogen and oxygen atoms in total. The highest BCUT2D eigenvalue weighted by Crippen LogP contribution is 2.28. The average molecular weight is 427 g/mol. The number of nitrogens with zero attached hydrogens (tertiary/aromatic N) is 3. The Balaban J connectivity index is 1.82. The summed E-state index contributed by atoms with van der Waals surface area (Å²) in [6.07, 6.45) is 1.02. The third-order valence-electron chi connectivity index (χ3n) is 4.67. The third kappa shape index (κ3) is 5.13. The van der Waals surface area contributed by atoms with Crippen molar-refractivity contribution in [1.82, 2.24) is 20.1 Å². The van der Waals surface area contributed by atoms with Crippen molar-refractivity contribution < 1.29 is 14.3 Å². The summed E-state index contributed by atoms with van der Waals surface area (Å²) >= 11 is 1.66. The number of ether oxygens (including phenoxy) is 2. The fourth-order valence-corrected chi connectivity index (χ4v) is 3.68. The van der Waals surface area contributed by atoms with E-state index in [9.17, 15) is 4.79 Å². The maximum absolute atomic E-state index is 12.5. The number of carbonyl (C=O) groups is 1. The van der Waals surface area contributed by atoms with Gasteiger partial charge in [-0.3, -0.25) is 9.36 Å². The SMILES string of the molecule is CC[C@@H](C)Sc1nnc(CNC(=O)c2ccc(OC)cc2)n1-c1ccc(OC)cc1. The lowest BCUT2D eigenvalue weighted by atomic mass is 10.2. The van der Waals surface area contributed by atoms with Gasteiger partial charge in [0, 0.05) is 16.5 Å². The molecule has 0 fully saturated rings. The van der Waals surface area contributed by atoms with Crippen molar-refractivity contribution in [3.05, 3.63) is 59.9 Å². The van der Waals surface area contributed by atoms with Crippen LogP contribution in [0.3, 0.4) is 0 Å². The van der Waals surface area contributed by atoms with E-state index in [0.29, 0.717) is 22.4 Å². The highest BCUT2D eigenvalue weighted by atomic mass is 32.2. The predicted molar refractivity (Wildman–Crippen MR) is 118 cm³/mol. The summed E-state index contributed by atoms with van der Waals surface area (Å²) in [7, 11) is 3.23. The smallest absolute Gasteiger partial charge is 0.251 e. The van der Waals surface area contributed by atoms with Crippen LogP contribution in [0, 0.1) is 0 Å². The predicted octanol–water partition coefficient (Wildman–Crippen LogP) is 4.11. The fourth-order valence-electron chi connectivity index (χ4n) is 2.75. The lowest BCUT2D eigenvalue weighted by molar-refractivity contribution is 0.0949. The van der Waals surface area contributed by atoms with Crippen LogP contribution in [-0.2, 0) is 6.54 Å². The largest absolute Gasteiger partial charge is 0.497 e. The molecule has 3 aromatic rings. The van der Waals surface area contributed by atoms with E-state index in [4.69, 9.17) is 9.47 Å². The van der Waals surface area contributed by atoms with E-state index in [1.165, 1.54) is 0 Å². The Kier molecular flexibility index (Phi) is 7.35. The second-order valence-corrected chi connectivity index (χ2v) is 8.09. The number of rotatable bonds is 9. The zero-order valence-electron chi connectivity index (χ0n) is 17.6. The molecule has 158 valence electrons. The van der Waals surface area contributed by atoms with E-state index in [-0.39, 0.29) is 12.5 Å². The van der Waals surface area contributed by atoms with Gasteiger partial charge in [0.25, 0.3) is 5.91 Å². The second kappa shape index (κ2) is 10.2. The Morgan fingerprint density at radius 3 is 2.20 bits per heavy atom. The molecular weight excluding hydrogens is 400 g/mol. The minimum atomic E-state index is -0.182. The molecule has 2 aromatic carbocycles. The van der Waals surface area contributed by atoms with Gasteiger partial charge in [-0.2, -0.15) is 0 Å². The lowest BCUT2D eigenvalue weighted by Crippen LogP contribution is -2.24. The van der Waals surface area contributed by atoms with Crippen LogP contribution in [0.4, 0.5) is 0 Å². The molecule has 1 N–H and O–H groups in total. The molecule has 1 heterocycles. The summed E-state index contributed by atoms with van der Waals surface area (Å²) in [4.78, 5) is 12.5. The molecule has 30 heavy (non-hydrogen) atoms. The van der Waals surface area contributed by atoms with Gasteiger partial charge >= 0.3 is 0 Å². The first-order valence-electron chi connectivity index (χ1n) is 9.73. The van der Waals surface area contributed by atoms with E-state index in [0.717, 1.165) is 23.0 Å². The van der Waals surface area contributed by atoms with E-state index >= 15 is 0 Å². The first kappa shape index (κ1) is 21.7. The number of hydrogen-bond acceptors (Lipinski definition) is 6. The Morgan fingerprint density at radius 1 is 1.03 bits per heavy atom. The maximum Gasteiger partial charge on any atom is 0.251 e. The van der Waals surface area contributed by atoms with Crippen molar-refractivity contribution in [2.45, 2.75) is 37.2 Å². The van der Waals surface area contributed by atoms with Crippen LogP contribution in [0.5, 0.6) is 11.5 Å². The van der Waals surface area contributed by atoms with Gasteiger partial charge in [-0.05, 0) is 55.0 Å². The van der Waals surface area contributed by atoms with Crippen LogP contribution in [0.25, 0.3) is 5.69 Å². The van der Waals surface area contributed by atoms with Crippen LogP contribution >= 0.6 is 11.8 Å². The number of methoxy groups -OCH3 is 2. The Morgan fingerprint density at radius 2 is 1.63 bits per heavy atom. The number of carbonyl (C=O) groups excluding carboxylic acids is 1. The standard InChI is InChI=1S/C22H26N4O3S/c1-5-15(2)30-22-25-24-20(26(22)17-8-12-19(29-4)13-9-17)14-23-21(27)16-6-10-18(28-3)11-7-16/h6-13,15H,5,14H2,1-4H3,(H,23,27)/t15-/m1/s1. The summed E-state index contributed by atoms with van der Waals surface area (Å²) in [5.41, 5.74) is 1.47. The molecule has 0 saturated carbocycles. The summed E-state index contributed by atoms with van der Waals surface area (Å²) in [6, 6.07) is 14.7. The molecule has 8 heteroatoms. The Bertz CT molecular complexity index is 971. The molecule has 0 aliphatic rings. The van der Waals surface area contributed by atoms with Gasteiger partial charge in [-0.25, -0.2) is 0 Å². The molecule has 1 amide bonds. The number of thioether (sulfide) groups is 1. The van der Waals surface area contributed by atoms with Gasteiger partial charge in [-0.15, -0.1) is 10.2 Å². The average Bonchev–Trinajstić information content (AvgIpc) is 3.19. The van der Waals surface area contributed by atoms with Gasteiger partial charge in [-0.1, -0.05) is 25.6 Å². The topological polar surface area (TPSA) is 78.3 Å². The number of hydrogen-bond donors (Lipinski definition) is 1. The number of aromatic nitrogens is 3. The molecule has 0 aliphatic heterocycles. The molecule has 0 saturated heterocycles. The third-order valence-corrected chi connectivity index (χ3v) is 5.88. The molecule has 0 radical (unpaired) electrons. The number of amides is 1. The quantitative estimate of drug-likeness (QED) is 0.519. The first-order valence-corrected chi connectivity index (χ1v) is 10.6. The molecule has 0 aliphatic carbocycles. The van der Waals surface area contributed by atoms with E-state index in [1.54, 1.807) is 50.2 Å². The van der Waals surface area contributed by atoms with Crippen molar-refractivity contribution in [3.8, 4) is 17.2 Å². The molecule has 1 aromatic heterocycles. The van der Waals surface area contributed by atoms with Crippen LogP contribution in [0.2, 0.25) is 0 Å². The van der Waals surface area contributed by atoms with E-state index < -0.39 is 0 Å². The first-order chi connectivity index (χ1) is 14.5. The van der Waals surface area contributed by atoms with E-state index in [1.807, 2.05) is 28.8 Å². The van der Waals surface area contributed by atoms with Crippen molar-refractivity contribution in [3.63, 3.8) is 0 Å². The van der Waals surface area contributed by atoms with Crippen molar-refractivity contribution >= 4 is 17.7 Å². The minimum absolute atomic E-state index is 0.182. The van der Waals surface area contributed by atoms with Crippen molar-refractivity contribution in [2.75, 3.05) is 14.2 Å². The second-order valence-electron chi connectivity index (χ2n) is 6.68. The summed E-state index contributed by atoms with van der Waals surface area (Å²) in [5, 5.41) is 12.8. The summed E-state index contributed by atoms with van der Waals surface area (Å²) < 4.78 is 12.4. The van der Waals surface area contributed by atoms with Gasteiger partial charge in [0.1, 0.15) is 11.5 Å². The Labute approximate surface area is 180 Å². The Hall–Kier alpha value is -3.00.